The molecule has 28 heavy (non-hydrogen) atoms. The molecule has 0 aliphatic heterocycles. The van der Waals surface area contributed by atoms with Gasteiger partial charge in [-0.15, -0.1) is 0 Å². The van der Waals surface area contributed by atoms with Crippen LogP contribution in [-0.2, 0) is 9.59 Å². The van der Waals surface area contributed by atoms with E-state index in [9.17, 15) is 19.7 Å². The first kappa shape index (κ1) is 19.2. The molecule has 1 saturated carbocycles. The Hall–Kier alpha value is -3.55. The summed E-state index contributed by atoms with van der Waals surface area (Å²) in [6, 6.07) is 15.4. The van der Waals surface area contributed by atoms with Crippen molar-refractivity contribution in [2.24, 2.45) is 11.0 Å². The van der Waals surface area contributed by atoms with Crippen LogP contribution in [-0.4, -0.2) is 22.4 Å². The summed E-state index contributed by atoms with van der Waals surface area (Å²) in [5, 5.41) is 17.3. The Bertz CT molecular complexity index is 910. The highest BCUT2D eigenvalue weighted by atomic mass is 16.6. The Morgan fingerprint density at radius 3 is 2.46 bits per heavy atom. The molecule has 1 fully saturated rings. The summed E-state index contributed by atoms with van der Waals surface area (Å²) in [7, 11) is 0. The molecule has 0 bridgehead atoms. The van der Waals surface area contributed by atoms with Crippen molar-refractivity contribution in [3.05, 3.63) is 70.3 Å². The summed E-state index contributed by atoms with van der Waals surface area (Å²) >= 11 is 0. The lowest BCUT2D eigenvalue weighted by molar-refractivity contribution is -0.384. The van der Waals surface area contributed by atoms with E-state index in [1.807, 2.05) is 30.3 Å². The molecule has 0 unspecified atom stereocenters. The average Bonchev–Trinajstić information content (AvgIpc) is 3.48. The molecule has 2 aromatic carbocycles. The largest absolute Gasteiger partial charge is 0.326 e. The van der Waals surface area contributed by atoms with Gasteiger partial charge in [-0.05, 0) is 37.0 Å². The molecule has 0 spiro atoms. The summed E-state index contributed by atoms with van der Waals surface area (Å²) in [4.78, 5) is 34.3. The van der Waals surface area contributed by atoms with Crippen molar-refractivity contribution in [3.63, 3.8) is 0 Å². The van der Waals surface area contributed by atoms with Crippen molar-refractivity contribution >= 4 is 28.9 Å². The molecule has 2 aromatic rings. The van der Waals surface area contributed by atoms with Crippen molar-refractivity contribution in [1.29, 1.82) is 0 Å². The van der Waals surface area contributed by atoms with Gasteiger partial charge >= 0.3 is 0 Å². The zero-order chi connectivity index (χ0) is 20.1. The van der Waals surface area contributed by atoms with Crippen LogP contribution in [0.1, 0.15) is 31.2 Å². The van der Waals surface area contributed by atoms with Crippen LogP contribution < -0.4 is 10.7 Å². The summed E-state index contributed by atoms with van der Waals surface area (Å²) in [5.74, 6) is -0.336. The number of hydrazone groups is 1. The predicted molar refractivity (Wildman–Crippen MR) is 105 cm³/mol. The third-order valence-electron chi connectivity index (χ3n) is 4.49. The van der Waals surface area contributed by atoms with Crippen molar-refractivity contribution in [1.82, 2.24) is 5.43 Å². The van der Waals surface area contributed by atoms with E-state index in [4.69, 9.17) is 0 Å². The third-order valence-corrected chi connectivity index (χ3v) is 4.49. The van der Waals surface area contributed by atoms with E-state index in [1.54, 1.807) is 6.92 Å². The van der Waals surface area contributed by atoms with Crippen LogP contribution in [0.15, 0.2) is 59.7 Å². The highest BCUT2D eigenvalue weighted by Gasteiger charge is 2.43. The summed E-state index contributed by atoms with van der Waals surface area (Å²) in [6.07, 6.45) is 0.801. The summed E-state index contributed by atoms with van der Waals surface area (Å²) in [5.41, 5.74) is 4.54. The number of nitro groups is 1. The van der Waals surface area contributed by atoms with Gasteiger partial charge < -0.3 is 5.32 Å². The minimum atomic E-state index is -0.507. The molecule has 0 aromatic heterocycles. The Morgan fingerprint density at radius 2 is 1.82 bits per heavy atom. The minimum absolute atomic E-state index is 0.00402. The van der Waals surface area contributed by atoms with Crippen LogP contribution in [0.25, 0.3) is 0 Å². The quantitative estimate of drug-likeness (QED) is 0.436. The monoisotopic (exact) mass is 380 g/mol. The van der Waals surface area contributed by atoms with Gasteiger partial charge in [-0.2, -0.15) is 5.10 Å². The van der Waals surface area contributed by atoms with Crippen molar-refractivity contribution in [2.75, 3.05) is 5.32 Å². The summed E-state index contributed by atoms with van der Waals surface area (Å²) < 4.78 is 0. The van der Waals surface area contributed by atoms with Gasteiger partial charge in [0.25, 0.3) is 5.69 Å². The van der Waals surface area contributed by atoms with Crippen molar-refractivity contribution < 1.29 is 14.5 Å². The molecule has 8 nitrogen and oxygen atoms in total. The first-order chi connectivity index (χ1) is 13.4. The SMILES string of the molecule is C/C(CC(=O)Nc1ccc([N+](=O)[O-])cc1)=N\NC(=O)[C@@H]1C[C@@H]1c1ccccc1. The number of carbonyl (C=O) groups excluding carboxylic acids is 2. The number of nitrogens with zero attached hydrogens (tertiary/aromatic N) is 2. The predicted octanol–water partition coefficient (Wildman–Crippen LogP) is 3.22. The van der Waals surface area contributed by atoms with Gasteiger partial charge in [-0.3, -0.25) is 19.7 Å². The highest BCUT2D eigenvalue weighted by molar-refractivity contribution is 6.05. The first-order valence-electron chi connectivity index (χ1n) is 8.86. The van der Waals surface area contributed by atoms with E-state index in [1.165, 1.54) is 24.3 Å². The number of amides is 2. The second kappa shape index (κ2) is 8.43. The second-order valence-electron chi connectivity index (χ2n) is 6.71. The maximum atomic E-state index is 12.2. The zero-order valence-electron chi connectivity index (χ0n) is 15.3. The van der Waals surface area contributed by atoms with E-state index in [0.29, 0.717) is 11.4 Å². The first-order valence-corrected chi connectivity index (χ1v) is 8.86. The number of nitro benzene ring substituents is 1. The number of carbonyl (C=O) groups is 2. The lowest BCUT2D eigenvalue weighted by atomic mass is 10.1. The fourth-order valence-corrected chi connectivity index (χ4v) is 2.93. The van der Waals surface area contributed by atoms with Crippen LogP contribution >= 0.6 is 0 Å². The number of rotatable bonds is 7. The minimum Gasteiger partial charge on any atom is -0.326 e. The molecule has 0 heterocycles. The van der Waals surface area contributed by atoms with E-state index in [0.717, 1.165) is 12.0 Å². The molecule has 2 N–H and O–H groups in total. The number of benzene rings is 2. The van der Waals surface area contributed by atoms with E-state index in [-0.39, 0.29) is 35.8 Å². The molecule has 1 aliphatic carbocycles. The maximum absolute atomic E-state index is 12.2. The van der Waals surface area contributed by atoms with Gasteiger partial charge in [0.15, 0.2) is 0 Å². The standard InChI is InChI=1S/C20H20N4O4/c1-13(11-19(25)21-15-7-9-16(10-8-15)24(27)28)22-23-20(26)18-12-17(18)14-5-3-2-4-6-14/h2-10,17-18H,11-12H2,1H3,(H,21,25)(H,23,26)/b22-13+/t17-,18-/m1/s1. The van der Waals surface area contributed by atoms with Gasteiger partial charge in [0.1, 0.15) is 0 Å². The van der Waals surface area contributed by atoms with E-state index >= 15 is 0 Å². The van der Waals surface area contributed by atoms with Crippen LogP contribution in [0.3, 0.4) is 0 Å². The lowest BCUT2D eigenvalue weighted by Gasteiger charge is -2.05. The van der Waals surface area contributed by atoms with Gasteiger partial charge in [0.2, 0.25) is 11.8 Å². The molecular formula is C20H20N4O4. The molecule has 2 atom stereocenters. The van der Waals surface area contributed by atoms with Gasteiger partial charge in [-0.1, -0.05) is 30.3 Å². The van der Waals surface area contributed by atoms with E-state index in [2.05, 4.69) is 15.8 Å². The van der Waals surface area contributed by atoms with Crippen molar-refractivity contribution in [3.8, 4) is 0 Å². The topological polar surface area (TPSA) is 114 Å². The Labute approximate surface area is 161 Å². The van der Waals surface area contributed by atoms with E-state index < -0.39 is 4.92 Å². The molecule has 1 aliphatic rings. The van der Waals surface area contributed by atoms with Crippen molar-refractivity contribution in [2.45, 2.75) is 25.7 Å². The third kappa shape index (κ3) is 5.00. The summed E-state index contributed by atoms with van der Waals surface area (Å²) in [6.45, 7) is 1.65. The average molecular weight is 380 g/mol. The highest BCUT2D eigenvalue weighted by Crippen LogP contribution is 2.47. The van der Waals surface area contributed by atoms with Crippen LogP contribution in [0.4, 0.5) is 11.4 Å². The molecule has 0 saturated heterocycles. The normalized spacial score (nSPS) is 18.2. The van der Waals surface area contributed by atoms with Crippen LogP contribution in [0.2, 0.25) is 0 Å². The second-order valence-corrected chi connectivity index (χ2v) is 6.71. The molecular weight excluding hydrogens is 360 g/mol. The number of hydrogen-bond acceptors (Lipinski definition) is 5. The lowest BCUT2D eigenvalue weighted by Crippen LogP contribution is -2.23. The maximum Gasteiger partial charge on any atom is 0.269 e. The number of anilines is 1. The zero-order valence-corrected chi connectivity index (χ0v) is 15.3. The molecule has 3 rings (SSSR count). The van der Waals surface area contributed by atoms with Gasteiger partial charge in [-0.25, -0.2) is 5.43 Å². The van der Waals surface area contributed by atoms with Crippen LogP contribution in [0.5, 0.6) is 0 Å². The Balaban J connectivity index is 1.45. The molecule has 2 amide bonds. The number of nitrogens with one attached hydrogen (secondary N) is 2. The number of non-ortho nitro benzene ring substituents is 1. The molecule has 0 radical (unpaired) electrons. The molecule has 8 heteroatoms. The Morgan fingerprint density at radius 1 is 1.14 bits per heavy atom. The number of hydrogen-bond donors (Lipinski definition) is 2. The smallest absolute Gasteiger partial charge is 0.269 e. The van der Waals surface area contributed by atoms with Crippen LogP contribution in [0, 0.1) is 16.0 Å². The van der Waals surface area contributed by atoms with Gasteiger partial charge in [0, 0.05) is 29.4 Å². The fourth-order valence-electron chi connectivity index (χ4n) is 2.93. The Kier molecular flexibility index (Phi) is 5.78. The van der Waals surface area contributed by atoms with Gasteiger partial charge in [0.05, 0.1) is 11.3 Å². The fraction of sp³-hybridized carbons (Fsp3) is 0.250. The molecule has 144 valence electrons.